The normalized spacial score (nSPS) is 10.1. The van der Waals surface area contributed by atoms with Crippen molar-refractivity contribution in [2.75, 3.05) is 12.4 Å². The van der Waals surface area contributed by atoms with Crippen molar-refractivity contribution in [2.45, 2.75) is 0 Å². The highest BCUT2D eigenvalue weighted by atomic mass is 127. The molecule has 0 aromatic heterocycles. The predicted octanol–water partition coefficient (Wildman–Crippen LogP) is 4.95. The van der Waals surface area contributed by atoms with Crippen LogP contribution >= 0.6 is 66.7 Å². The van der Waals surface area contributed by atoms with Crippen LogP contribution in [0.1, 0.15) is 10.4 Å². The first-order valence-corrected chi connectivity index (χ1v) is 9.39. The Hall–Kier alpha value is -0.710. The van der Waals surface area contributed by atoms with E-state index in [1.807, 2.05) is 18.2 Å². The van der Waals surface area contributed by atoms with Gasteiger partial charge in [-0.15, -0.1) is 0 Å². The fourth-order valence-corrected chi connectivity index (χ4v) is 3.91. The molecule has 0 aliphatic carbocycles. The molecule has 0 aliphatic rings. The molecule has 0 bridgehead atoms. The molecule has 0 unspecified atom stereocenters. The molecule has 4 nitrogen and oxygen atoms in total. The third-order valence-electron chi connectivity index (χ3n) is 2.82. The van der Waals surface area contributed by atoms with E-state index in [0.29, 0.717) is 15.8 Å². The third kappa shape index (κ3) is 5.13. The van der Waals surface area contributed by atoms with E-state index >= 15 is 0 Å². The number of nitrogens with one attached hydrogen (secondary N) is 2. The van der Waals surface area contributed by atoms with E-state index in [2.05, 4.69) is 65.1 Å². The largest absolute Gasteiger partial charge is 0.496 e. The van der Waals surface area contributed by atoms with Gasteiger partial charge in [-0.3, -0.25) is 10.1 Å². The molecule has 0 spiro atoms. The number of benzene rings is 2. The number of amides is 1. The molecule has 0 saturated heterocycles. The molecule has 2 rings (SSSR count). The number of carbonyl (C=O) groups excluding carboxylic acids is 1. The first-order valence-electron chi connectivity index (χ1n) is 6.31. The van der Waals surface area contributed by atoms with Crippen molar-refractivity contribution in [3.63, 3.8) is 0 Å². The summed E-state index contributed by atoms with van der Waals surface area (Å²) in [5.41, 5.74) is 1.31. The lowest BCUT2D eigenvalue weighted by atomic mass is 10.2. The summed E-state index contributed by atoms with van der Waals surface area (Å²) in [7, 11) is 1.57. The molecule has 23 heavy (non-hydrogen) atoms. The van der Waals surface area contributed by atoms with Crippen LogP contribution in [0.15, 0.2) is 45.3 Å². The quantitative estimate of drug-likeness (QED) is 0.406. The molecule has 0 saturated carbocycles. The van der Waals surface area contributed by atoms with E-state index in [9.17, 15) is 4.79 Å². The second kappa shape index (κ2) is 8.41. The second-order valence-corrected chi connectivity index (χ2v) is 7.72. The fraction of sp³-hybridized carbons (Fsp3) is 0.0667. The zero-order chi connectivity index (χ0) is 17.0. The lowest BCUT2D eigenvalue weighted by molar-refractivity contribution is 0.0977. The Labute approximate surface area is 169 Å². The highest BCUT2D eigenvalue weighted by Crippen LogP contribution is 2.25. The van der Waals surface area contributed by atoms with Crippen LogP contribution in [-0.4, -0.2) is 18.1 Å². The van der Waals surface area contributed by atoms with Crippen LogP contribution in [0.4, 0.5) is 5.69 Å². The van der Waals surface area contributed by atoms with Gasteiger partial charge >= 0.3 is 0 Å². The van der Waals surface area contributed by atoms with E-state index in [1.165, 1.54) is 0 Å². The van der Waals surface area contributed by atoms with Gasteiger partial charge in [0, 0.05) is 13.6 Å². The zero-order valence-corrected chi connectivity index (χ0v) is 18.0. The van der Waals surface area contributed by atoms with Crippen LogP contribution in [0.2, 0.25) is 0 Å². The van der Waals surface area contributed by atoms with Crippen molar-refractivity contribution in [2.24, 2.45) is 0 Å². The van der Waals surface area contributed by atoms with Crippen LogP contribution in [0.3, 0.4) is 0 Å². The molecule has 0 radical (unpaired) electrons. The summed E-state index contributed by atoms with van der Waals surface area (Å²) in [6.07, 6.45) is 0. The molecule has 0 atom stereocenters. The molecule has 2 aromatic carbocycles. The van der Waals surface area contributed by atoms with E-state index < -0.39 is 0 Å². The van der Waals surface area contributed by atoms with Gasteiger partial charge in [0.1, 0.15) is 5.75 Å². The van der Waals surface area contributed by atoms with Gasteiger partial charge in [0.25, 0.3) is 5.91 Å². The second-order valence-electron chi connectivity index (χ2n) is 4.38. The number of rotatable bonds is 3. The Morgan fingerprint density at radius 1 is 1.22 bits per heavy atom. The van der Waals surface area contributed by atoms with Crippen LogP contribution in [0, 0.1) is 3.57 Å². The van der Waals surface area contributed by atoms with Crippen molar-refractivity contribution in [3.05, 3.63) is 54.5 Å². The van der Waals surface area contributed by atoms with Gasteiger partial charge in [-0.25, -0.2) is 0 Å². The highest BCUT2D eigenvalue weighted by Gasteiger charge is 2.11. The highest BCUT2D eigenvalue weighted by molar-refractivity contribution is 14.1. The van der Waals surface area contributed by atoms with E-state index in [4.69, 9.17) is 17.0 Å². The van der Waals surface area contributed by atoms with Crippen LogP contribution in [0.25, 0.3) is 0 Å². The number of hydrogen-bond acceptors (Lipinski definition) is 3. The molecule has 2 N–H and O–H groups in total. The standard InChI is InChI=1S/C15H11Br2IN2O2S/c1-22-13-5-2-8(6-10(13)17)14(21)20-15(23)19-12-4-3-9(16)7-11(12)18/h2-7H,1H3,(H2,19,20,21,23). The number of halogens is 3. The lowest BCUT2D eigenvalue weighted by Gasteiger charge is -2.12. The molecule has 2 aromatic rings. The number of thiocarbonyl (C=S) groups is 1. The number of methoxy groups -OCH3 is 1. The van der Waals surface area contributed by atoms with E-state index in [0.717, 1.165) is 13.7 Å². The Kier molecular flexibility index (Phi) is 6.81. The van der Waals surface area contributed by atoms with Crippen molar-refractivity contribution in [1.29, 1.82) is 0 Å². The molecule has 120 valence electrons. The molecule has 0 fully saturated rings. The minimum atomic E-state index is -0.294. The van der Waals surface area contributed by atoms with Crippen LogP contribution in [-0.2, 0) is 0 Å². The summed E-state index contributed by atoms with van der Waals surface area (Å²) in [6, 6.07) is 10.8. The van der Waals surface area contributed by atoms with Gasteiger partial charge in [0.05, 0.1) is 17.3 Å². The first-order chi connectivity index (χ1) is 10.9. The Balaban J connectivity index is 2.05. The van der Waals surface area contributed by atoms with Gasteiger partial charge in [0.15, 0.2) is 5.11 Å². The molecular formula is C15H11Br2IN2O2S. The third-order valence-corrected chi connectivity index (χ3v) is 5.03. The average molecular weight is 570 g/mol. The van der Waals surface area contributed by atoms with Gasteiger partial charge in [0.2, 0.25) is 0 Å². The Morgan fingerprint density at radius 3 is 2.57 bits per heavy atom. The minimum absolute atomic E-state index is 0.238. The molecule has 1 amide bonds. The summed E-state index contributed by atoms with van der Waals surface area (Å²) in [4.78, 5) is 12.2. The SMILES string of the molecule is COc1ccc(C(=O)NC(=S)Nc2ccc(Br)cc2I)cc1Br. The maximum Gasteiger partial charge on any atom is 0.257 e. The van der Waals surface area contributed by atoms with Crippen molar-refractivity contribution in [1.82, 2.24) is 5.32 Å². The Morgan fingerprint density at radius 2 is 1.96 bits per heavy atom. The topological polar surface area (TPSA) is 50.4 Å². The number of carbonyl (C=O) groups is 1. The minimum Gasteiger partial charge on any atom is -0.496 e. The predicted molar refractivity (Wildman–Crippen MR) is 111 cm³/mol. The van der Waals surface area contributed by atoms with E-state index in [1.54, 1.807) is 25.3 Å². The molecule has 8 heteroatoms. The summed E-state index contributed by atoms with van der Waals surface area (Å²) >= 11 is 14.1. The van der Waals surface area contributed by atoms with E-state index in [-0.39, 0.29) is 11.0 Å². The summed E-state index contributed by atoms with van der Waals surface area (Å²) in [5, 5.41) is 5.90. The zero-order valence-electron chi connectivity index (χ0n) is 11.8. The maximum absolute atomic E-state index is 12.2. The monoisotopic (exact) mass is 568 g/mol. The van der Waals surface area contributed by atoms with Gasteiger partial charge < -0.3 is 10.1 Å². The Bertz CT molecular complexity index is 771. The van der Waals surface area contributed by atoms with Crippen molar-refractivity contribution in [3.8, 4) is 5.75 Å². The van der Waals surface area contributed by atoms with Crippen LogP contribution < -0.4 is 15.4 Å². The maximum atomic E-state index is 12.2. The van der Waals surface area contributed by atoms with Crippen LogP contribution in [0.5, 0.6) is 5.75 Å². The average Bonchev–Trinajstić information content (AvgIpc) is 2.50. The molecule has 0 aliphatic heterocycles. The number of hydrogen-bond donors (Lipinski definition) is 2. The summed E-state index contributed by atoms with van der Waals surface area (Å²) in [6.45, 7) is 0. The first kappa shape index (κ1) is 18.6. The molecule has 0 heterocycles. The van der Waals surface area contributed by atoms with Crippen molar-refractivity contribution >= 4 is 83.4 Å². The smallest absolute Gasteiger partial charge is 0.257 e. The number of ether oxygens (including phenoxy) is 1. The van der Waals surface area contributed by atoms with Crippen molar-refractivity contribution < 1.29 is 9.53 Å². The van der Waals surface area contributed by atoms with Gasteiger partial charge in [-0.1, -0.05) is 15.9 Å². The van der Waals surface area contributed by atoms with Gasteiger partial charge in [-0.05, 0) is 87.1 Å². The molecular weight excluding hydrogens is 559 g/mol. The van der Waals surface area contributed by atoms with Gasteiger partial charge in [-0.2, -0.15) is 0 Å². The number of anilines is 1. The summed E-state index contributed by atoms with van der Waals surface area (Å²) < 4.78 is 7.81. The fourth-order valence-electron chi connectivity index (χ4n) is 1.73. The lowest BCUT2D eigenvalue weighted by Crippen LogP contribution is -2.34. The summed E-state index contributed by atoms with van der Waals surface area (Å²) in [5.74, 6) is 0.365.